The fourth-order valence-corrected chi connectivity index (χ4v) is 2.34. The van der Waals surface area contributed by atoms with Gasteiger partial charge in [0.2, 0.25) is 0 Å². The molecule has 0 amide bonds. The van der Waals surface area contributed by atoms with Crippen LogP contribution in [0, 0.1) is 6.92 Å². The molecule has 0 heterocycles. The molecule has 0 aromatic heterocycles. The van der Waals surface area contributed by atoms with Gasteiger partial charge in [-0.1, -0.05) is 28.1 Å². The first-order valence-corrected chi connectivity index (χ1v) is 7.63. The van der Waals surface area contributed by atoms with Crippen molar-refractivity contribution in [1.82, 2.24) is 0 Å². The van der Waals surface area contributed by atoms with Crippen LogP contribution < -0.4 is 10.1 Å². The van der Waals surface area contributed by atoms with E-state index in [1.807, 2.05) is 42.5 Å². The van der Waals surface area contributed by atoms with Crippen LogP contribution in [0.15, 0.2) is 51.4 Å². The smallest absolute Gasteiger partial charge is 0.119 e. The van der Waals surface area contributed by atoms with Crippen molar-refractivity contribution in [2.75, 3.05) is 18.5 Å². The summed E-state index contributed by atoms with van der Waals surface area (Å²) in [6, 6.07) is 14.1. The molecule has 19 heavy (non-hydrogen) atoms. The van der Waals surface area contributed by atoms with Crippen LogP contribution in [0.25, 0.3) is 0 Å². The number of benzene rings is 2. The third kappa shape index (κ3) is 4.25. The number of nitrogens with one attached hydrogen (secondary N) is 1. The lowest BCUT2D eigenvalue weighted by molar-refractivity contribution is 0.332. The molecule has 0 spiro atoms. The molecule has 0 fully saturated rings. The Bertz CT molecular complexity index is 558. The summed E-state index contributed by atoms with van der Waals surface area (Å²) in [6.45, 7) is 3.44. The second-order valence-electron chi connectivity index (χ2n) is 4.17. The summed E-state index contributed by atoms with van der Waals surface area (Å²) in [5.74, 6) is 0.898. The third-order valence-corrected chi connectivity index (χ3v) is 4.27. The van der Waals surface area contributed by atoms with E-state index in [1.54, 1.807) is 0 Å². The number of anilines is 1. The monoisotopic (exact) mass is 383 g/mol. The molecule has 0 aliphatic rings. The first kappa shape index (κ1) is 14.4. The Morgan fingerprint density at radius 2 is 1.84 bits per heavy atom. The molecule has 0 aliphatic heterocycles. The standard InChI is InChI=1S/C15H15Br2NO/c1-11-10-12(6-7-13(11)16)19-9-8-18-15-5-3-2-4-14(15)17/h2-7,10,18H,8-9H2,1H3. The molecule has 0 radical (unpaired) electrons. The van der Waals surface area contributed by atoms with Crippen molar-refractivity contribution in [2.45, 2.75) is 6.92 Å². The van der Waals surface area contributed by atoms with Crippen molar-refractivity contribution in [2.24, 2.45) is 0 Å². The maximum absolute atomic E-state index is 5.70. The third-order valence-electron chi connectivity index (χ3n) is 2.69. The maximum Gasteiger partial charge on any atom is 0.119 e. The molecule has 0 unspecified atom stereocenters. The molecule has 0 atom stereocenters. The van der Waals surface area contributed by atoms with E-state index in [2.05, 4.69) is 44.1 Å². The highest BCUT2D eigenvalue weighted by Crippen LogP contribution is 2.22. The van der Waals surface area contributed by atoms with Crippen molar-refractivity contribution in [3.05, 3.63) is 57.0 Å². The van der Waals surface area contributed by atoms with Gasteiger partial charge in [0.15, 0.2) is 0 Å². The fraction of sp³-hybridized carbons (Fsp3) is 0.200. The van der Waals surface area contributed by atoms with Crippen molar-refractivity contribution >= 4 is 37.5 Å². The van der Waals surface area contributed by atoms with Gasteiger partial charge in [0.05, 0.1) is 0 Å². The average Bonchev–Trinajstić information content (AvgIpc) is 2.40. The zero-order valence-electron chi connectivity index (χ0n) is 10.6. The lowest BCUT2D eigenvalue weighted by atomic mass is 10.2. The van der Waals surface area contributed by atoms with E-state index in [9.17, 15) is 0 Å². The number of aryl methyl sites for hydroxylation is 1. The minimum atomic E-state index is 0.627. The van der Waals surface area contributed by atoms with E-state index < -0.39 is 0 Å². The quantitative estimate of drug-likeness (QED) is 0.731. The minimum Gasteiger partial charge on any atom is -0.492 e. The molecular weight excluding hydrogens is 370 g/mol. The second-order valence-corrected chi connectivity index (χ2v) is 5.87. The second kappa shape index (κ2) is 6.96. The molecule has 0 aliphatic carbocycles. The van der Waals surface area contributed by atoms with Crippen molar-refractivity contribution in [3.63, 3.8) is 0 Å². The highest BCUT2D eigenvalue weighted by Gasteiger charge is 1.99. The summed E-state index contributed by atoms with van der Waals surface area (Å²) in [6.07, 6.45) is 0. The van der Waals surface area contributed by atoms with Crippen LogP contribution in [-0.4, -0.2) is 13.2 Å². The van der Waals surface area contributed by atoms with E-state index >= 15 is 0 Å². The Kier molecular flexibility index (Phi) is 5.28. The molecular formula is C15H15Br2NO. The van der Waals surface area contributed by atoms with Gasteiger partial charge in [0, 0.05) is 21.2 Å². The molecule has 2 nitrogen and oxygen atoms in total. The van der Waals surface area contributed by atoms with E-state index in [1.165, 1.54) is 5.56 Å². The zero-order valence-corrected chi connectivity index (χ0v) is 13.8. The lowest BCUT2D eigenvalue weighted by Gasteiger charge is -2.10. The normalized spacial score (nSPS) is 10.3. The molecule has 0 bridgehead atoms. The molecule has 4 heteroatoms. The van der Waals surface area contributed by atoms with Crippen LogP contribution in [0.4, 0.5) is 5.69 Å². The Hall–Kier alpha value is -1.000. The van der Waals surface area contributed by atoms with Crippen LogP contribution in [0.5, 0.6) is 5.75 Å². The van der Waals surface area contributed by atoms with Crippen LogP contribution >= 0.6 is 31.9 Å². The highest BCUT2D eigenvalue weighted by molar-refractivity contribution is 9.10. The SMILES string of the molecule is Cc1cc(OCCNc2ccccc2Br)ccc1Br. The molecule has 2 aromatic rings. The highest BCUT2D eigenvalue weighted by atomic mass is 79.9. The van der Waals surface area contributed by atoms with Gasteiger partial charge < -0.3 is 10.1 Å². The summed E-state index contributed by atoms with van der Waals surface area (Å²) in [5, 5.41) is 3.33. The van der Waals surface area contributed by atoms with E-state index in [0.29, 0.717) is 6.61 Å². The number of halogens is 2. The zero-order chi connectivity index (χ0) is 13.7. The van der Waals surface area contributed by atoms with E-state index in [4.69, 9.17) is 4.74 Å². The van der Waals surface area contributed by atoms with Crippen molar-refractivity contribution in [1.29, 1.82) is 0 Å². The van der Waals surface area contributed by atoms with Crippen LogP contribution in [-0.2, 0) is 0 Å². The number of ether oxygens (including phenoxy) is 1. The topological polar surface area (TPSA) is 21.3 Å². The van der Waals surface area contributed by atoms with Gasteiger partial charge in [-0.15, -0.1) is 0 Å². The van der Waals surface area contributed by atoms with Crippen molar-refractivity contribution < 1.29 is 4.74 Å². The fourth-order valence-electron chi connectivity index (χ4n) is 1.67. The van der Waals surface area contributed by atoms with Crippen LogP contribution in [0.1, 0.15) is 5.56 Å². The predicted octanol–water partition coefficient (Wildman–Crippen LogP) is 5.01. The van der Waals surface area contributed by atoms with Gasteiger partial charge in [-0.05, 0) is 58.7 Å². The van der Waals surface area contributed by atoms with Gasteiger partial charge in [0.25, 0.3) is 0 Å². The predicted molar refractivity (Wildman–Crippen MR) is 87.0 cm³/mol. The molecule has 2 rings (SSSR count). The van der Waals surface area contributed by atoms with Gasteiger partial charge in [-0.2, -0.15) is 0 Å². The average molecular weight is 385 g/mol. The first-order valence-electron chi connectivity index (χ1n) is 6.04. The van der Waals surface area contributed by atoms with Crippen LogP contribution in [0.2, 0.25) is 0 Å². The minimum absolute atomic E-state index is 0.627. The molecule has 100 valence electrons. The summed E-state index contributed by atoms with van der Waals surface area (Å²) in [5.41, 5.74) is 2.26. The summed E-state index contributed by atoms with van der Waals surface area (Å²) in [4.78, 5) is 0. The Labute approximate surface area is 130 Å². The number of hydrogen-bond acceptors (Lipinski definition) is 2. The summed E-state index contributed by atoms with van der Waals surface area (Å²) in [7, 11) is 0. The first-order chi connectivity index (χ1) is 9.16. The molecule has 0 saturated heterocycles. The lowest BCUT2D eigenvalue weighted by Crippen LogP contribution is -2.11. The number of rotatable bonds is 5. The Morgan fingerprint density at radius 3 is 2.58 bits per heavy atom. The Balaban J connectivity index is 1.81. The van der Waals surface area contributed by atoms with Gasteiger partial charge in [-0.25, -0.2) is 0 Å². The van der Waals surface area contributed by atoms with Gasteiger partial charge >= 0.3 is 0 Å². The molecule has 1 N–H and O–H groups in total. The maximum atomic E-state index is 5.70. The van der Waals surface area contributed by atoms with Gasteiger partial charge in [0.1, 0.15) is 12.4 Å². The number of para-hydroxylation sites is 1. The largest absolute Gasteiger partial charge is 0.492 e. The van der Waals surface area contributed by atoms with E-state index in [0.717, 1.165) is 26.9 Å². The summed E-state index contributed by atoms with van der Waals surface area (Å²) < 4.78 is 7.87. The van der Waals surface area contributed by atoms with E-state index in [-0.39, 0.29) is 0 Å². The summed E-state index contributed by atoms with van der Waals surface area (Å²) >= 11 is 6.98. The van der Waals surface area contributed by atoms with Crippen molar-refractivity contribution in [3.8, 4) is 5.75 Å². The molecule has 2 aromatic carbocycles. The number of hydrogen-bond donors (Lipinski definition) is 1. The molecule has 0 saturated carbocycles. The Morgan fingerprint density at radius 1 is 1.05 bits per heavy atom. The van der Waals surface area contributed by atoms with Gasteiger partial charge in [-0.3, -0.25) is 0 Å². The van der Waals surface area contributed by atoms with Crippen LogP contribution in [0.3, 0.4) is 0 Å².